The molecule has 1 aromatic rings. The molecule has 1 aliphatic rings. The van der Waals surface area contributed by atoms with E-state index in [1.54, 1.807) is 12.1 Å². The Balaban J connectivity index is 2.12. The molecule has 1 fully saturated rings. The number of hydrogen-bond donors (Lipinski definition) is 1. The minimum Gasteiger partial charge on any atom is -0.324 e. The van der Waals surface area contributed by atoms with Crippen molar-refractivity contribution in [3.8, 4) is 0 Å². The zero-order valence-corrected chi connectivity index (χ0v) is 10.0. The van der Waals surface area contributed by atoms with Gasteiger partial charge < -0.3 is 5.73 Å². The fraction of sp³-hybridized carbons (Fsp3) is 0.538. The standard InChI is InChI=1S/C13H17ClFN/c14-11-8-10(6-7-12(11)15)13(16)9-4-2-1-3-5-9/h6-9,13H,1-5,16H2/t13-/m0/s1. The van der Waals surface area contributed by atoms with Gasteiger partial charge in [0.05, 0.1) is 5.02 Å². The second kappa shape index (κ2) is 5.15. The van der Waals surface area contributed by atoms with Crippen molar-refractivity contribution in [2.24, 2.45) is 11.7 Å². The van der Waals surface area contributed by atoms with Gasteiger partial charge in [-0.25, -0.2) is 4.39 Å². The third-order valence-electron chi connectivity index (χ3n) is 3.49. The minimum absolute atomic E-state index is 0.00148. The highest BCUT2D eigenvalue weighted by Crippen LogP contribution is 2.33. The molecule has 1 atom stereocenters. The molecule has 0 spiro atoms. The van der Waals surface area contributed by atoms with Crippen LogP contribution in [0.15, 0.2) is 18.2 Å². The van der Waals surface area contributed by atoms with Crippen LogP contribution < -0.4 is 5.73 Å². The van der Waals surface area contributed by atoms with Gasteiger partial charge in [0.25, 0.3) is 0 Å². The fourth-order valence-corrected chi connectivity index (χ4v) is 2.67. The van der Waals surface area contributed by atoms with E-state index in [-0.39, 0.29) is 16.9 Å². The summed E-state index contributed by atoms with van der Waals surface area (Å²) in [6.45, 7) is 0. The van der Waals surface area contributed by atoms with Crippen LogP contribution in [0.4, 0.5) is 4.39 Å². The molecule has 2 N–H and O–H groups in total. The highest BCUT2D eigenvalue weighted by molar-refractivity contribution is 6.30. The van der Waals surface area contributed by atoms with Gasteiger partial charge in [0.2, 0.25) is 0 Å². The summed E-state index contributed by atoms with van der Waals surface area (Å²) >= 11 is 5.77. The molecule has 1 aromatic carbocycles. The Hall–Kier alpha value is -0.600. The van der Waals surface area contributed by atoms with Gasteiger partial charge >= 0.3 is 0 Å². The second-order valence-electron chi connectivity index (χ2n) is 4.60. The number of rotatable bonds is 2. The lowest BCUT2D eigenvalue weighted by Gasteiger charge is -2.27. The normalized spacial score (nSPS) is 19.7. The number of benzene rings is 1. The van der Waals surface area contributed by atoms with Crippen molar-refractivity contribution >= 4 is 11.6 Å². The van der Waals surface area contributed by atoms with E-state index in [1.807, 2.05) is 0 Å². The lowest BCUT2D eigenvalue weighted by Crippen LogP contribution is -2.23. The Morgan fingerprint density at radius 2 is 1.94 bits per heavy atom. The van der Waals surface area contributed by atoms with Crippen LogP contribution in [0.25, 0.3) is 0 Å². The smallest absolute Gasteiger partial charge is 0.141 e. The molecule has 0 unspecified atom stereocenters. The lowest BCUT2D eigenvalue weighted by atomic mass is 9.81. The van der Waals surface area contributed by atoms with E-state index in [0.717, 1.165) is 5.56 Å². The highest BCUT2D eigenvalue weighted by atomic mass is 35.5. The monoisotopic (exact) mass is 241 g/mol. The topological polar surface area (TPSA) is 26.0 Å². The van der Waals surface area contributed by atoms with E-state index in [0.29, 0.717) is 5.92 Å². The maximum atomic E-state index is 13.0. The number of hydrogen-bond acceptors (Lipinski definition) is 1. The van der Waals surface area contributed by atoms with Crippen LogP contribution in [-0.4, -0.2) is 0 Å². The molecule has 0 saturated heterocycles. The number of halogens is 2. The van der Waals surface area contributed by atoms with E-state index in [2.05, 4.69) is 0 Å². The molecule has 1 aliphatic carbocycles. The molecule has 1 nitrogen and oxygen atoms in total. The molecular formula is C13H17ClFN. The van der Waals surface area contributed by atoms with E-state index in [1.165, 1.54) is 38.2 Å². The van der Waals surface area contributed by atoms with Gasteiger partial charge in [-0.2, -0.15) is 0 Å². The Morgan fingerprint density at radius 3 is 2.56 bits per heavy atom. The molecule has 0 bridgehead atoms. The molecule has 2 rings (SSSR count). The van der Waals surface area contributed by atoms with E-state index in [4.69, 9.17) is 17.3 Å². The van der Waals surface area contributed by atoms with Gasteiger partial charge in [0, 0.05) is 6.04 Å². The Kier molecular flexibility index (Phi) is 3.82. The molecule has 0 heterocycles. The van der Waals surface area contributed by atoms with Crippen LogP contribution >= 0.6 is 11.6 Å². The first-order valence-electron chi connectivity index (χ1n) is 5.89. The summed E-state index contributed by atoms with van der Waals surface area (Å²) in [7, 11) is 0. The summed E-state index contributed by atoms with van der Waals surface area (Å²) in [5.41, 5.74) is 7.16. The first-order chi connectivity index (χ1) is 7.68. The zero-order chi connectivity index (χ0) is 11.5. The SMILES string of the molecule is N[C@H](c1ccc(F)c(Cl)c1)C1CCCCC1. The van der Waals surface area contributed by atoms with Gasteiger partial charge in [0.15, 0.2) is 0 Å². The first-order valence-corrected chi connectivity index (χ1v) is 6.27. The van der Waals surface area contributed by atoms with Gasteiger partial charge in [-0.1, -0.05) is 36.9 Å². The maximum Gasteiger partial charge on any atom is 0.141 e. The molecular weight excluding hydrogens is 225 g/mol. The van der Waals surface area contributed by atoms with Gasteiger partial charge in [-0.05, 0) is 36.5 Å². The van der Waals surface area contributed by atoms with E-state index in [9.17, 15) is 4.39 Å². The summed E-state index contributed by atoms with van der Waals surface area (Å²) < 4.78 is 13.0. The van der Waals surface area contributed by atoms with Crippen molar-refractivity contribution in [1.29, 1.82) is 0 Å². The zero-order valence-electron chi connectivity index (χ0n) is 9.26. The van der Waals surface area contributed by atoms with Crippen molar-refractivity contribution in [1.82, 2.24) is 0 Å². The Labute approximate surface area is 101 Å². The van der Waals surface area contributed by atoms with Gasteiger partial charge in [-0.3, -0.25) is 0 Å². The van der Waals surface area contributed by atoms with Crippen molar-refractivity contribution in [2.45, 2.75) is 38.1 Å². The highest BCUT2D eigenvalue weighted by Gasteiger charge is 2.22. The van der Waals surface area contributed by atoms with E-state index < -0.39 is 0 Å². The summed E-state index contributed by atoms with van der Waals surface area (Å²) in [5.74, 6) is 0.150. The van der Waals surface area contributed by atoms with Gasteiger partial charge in [-0.15, -0.1) is 0 Å². The van der Waals surface area contributed by atoms with Crippen LogP contribution in [-0.2, 0) is 0 Å². The summed E-state index contributed by atoms with van der Waals surface area (Å²) in [6, 6.07) is 4.81. The van der Waals surface area contributed by atoms with Crippen molar-refractivity contribution in [3.63, 3.8) is 0 Å². The van der Waals surface area contributed by atoms with Crippen LogP contribution in [0.5, 0.6) is 0 Å². The largest absolute Gasteiger partial charge is 0.324 e. The van der Waals surface area contributed by atoms with Gasteiger partial charge in [0.1, 0.15) is 5.82 Å². The third kappa shape index (κ3) is 2.55. The summed E-state index contributed by atoms with van der Waals surface area (Å²) in [4.78, 5) is 0. The maximum absolute atomic E-state index is 13.0. The minimum atomic E-state index is -0.374. The quantitative estimate of drug-likeness (QED) is 0.830. The summed E-state index contributed by atoms with van der Waals surface area (Å²) in [6.07, 6.45) is 6.18. The molecule has 1 saturated carbocycles. The molecule has 16 heavy (non-hydrogen) atoms. The number of nitrogens with two attached hydrogens (primary N) is 1. The van der Waals surface area contributed by atoms with Crippen LogP contribution in [0.2, 0.25) is 5.02 Å². The molecule has 88 valence electrons. The molecule has 0 radical (unpaired) electrons. The predicted octanol–water partition coefficient (Wildman–Crippen LogP) is 4.06. The van der Waals surface area contributed by atoms with Crippen LogP contribution in [0.1, 0.15) is 43.7 Å². The average molecular weight is 242 g/mol. The van der Waals surface area contributed by atoms with E-state index >= 15 is 0 Å². The lowest BCUT2D eigenvalue weighted by molar-refractivity contribution is 0.308. The Bertz CT molecular complexity index is 361. The average Bonchev–Trinajstić information content (AvgIpc) is 2.33. The first kappa shape index (κ1) is 11.9. The fourth-order valence-electron chi connectivity index (χ4n) is 2.49. The van der Waals surface area contributed by atoms with Crippen LogP contribution in [0.3, 0.4) is 0 Å². The van der Waals surface area contributed by atoms with Crippen molar-refractivity contribution < 1.29 is 4.39 Å². The molecule has 0 amide bonds. The summed E-state index contributed by atoms with van der Waals surface area (Å²) in [5, 5.41) is 0.170. The molecule has 3 heteroatoms. The molecule has 0 aromatic heterocycles. The predicted molar refractivity (Wildman–Crippen MR) is 64.9 cm³/mol. The third-order valence-corrected chi connectivity index (χ3v) is 3.78. The molecule has 0 aliphatic heterocycles. The van der Waals surface area contributed by atoms with Crippen molar-refractivity contribution in [3.05, 3.63) is 34.6 Å². The Morgan fingerprint density at radius 1 is 1.25 bits per heavy atom. The van der Waals surface area contributed by atoms with Crippen LogP contribution in [0, 0.1) is 11.7 Å². The second-order valence-corrected chi connectivity index (χ2v) is 5.00. The van der Waals surface area contributed by atoms with Crippen molar-refractivity contribution in [2.75, 3.05) is 0 Å².